The number of aromatic nitrogens is 1. The van der Waals surface area contributed by atoms with E-state index in [0.29, 0.717) is 37.5 Å². The van der Waals surface area contributed by atoms with E-state index in [-0.39, 0.29) is 17.9 Å². The van der Waals surface area contributed by atoms with Crippen molar-refractivity contribution in [3.05, 3.63) is 11.8 Å². The van der Waals surface area contributed by atoms with E-state index in [1.807, 2.05) is 0 Å². The van der Waals surface area contributed by atoms with Gasteiger partial charge < -0.3 is 14.3 Å². The number of nitrogens with one attached hydrogen (secondary N) is 1. The summed E-state index contributed by atoms with van der Waals surface area (Å²) in [7, 11) is 3.52. The van der Waals surface area contributed by atoms with Crippen LogP contribution in [0.2, 0.25) is 0 Å². The third kappa shape index (κ3) is 3.28. The van der Waals surface area contributed by atoms with Crippen molar-refractivity contribution in [3.63, 3.8) is 0 Å². The molecular formula is C13H20N4O3. The van der Waals surface area contributed by atoms with Crippen molar-refractivity contribution in [3.8, 4) is 0 Å². The number of carbonyl (C=O) groups excluding carboxylic acids is 2. The van der Waals surface area contributed by atoms with Crippen LogP contribution < -0.4 is 5.32 Å². The van der Waals surface area contributed by atoms with E-state index in [4.69, 9.17) is 4.52 Å². The second kappa shape index (κ2) is 5.94. The fourth-order valence-electron chi connectivity index (χ4n) is 2.31. The highest BCUT2D eigenvalue weighted by Gasteiger charge is 2.28. The standard InChI is InChI=1S/C13H20N4O3/c1-9-8-11(15-20-9)14-13(19)17-6-4-10(5-7-17)12(18)16(2)3/h8,10H,4-7H2,1-3H3,(H,14,15,19). The van der Waals surface area contributed by atoms with Crippen molar-refractivity contribution < 1.29 is 14.1 Å². The molecule has 3 amide bonds. The van der Waals surface area contributed by atoms with Crippen molar-refractivity contribution in [1.29, 1.82) is 0 Å². The van der Waals surface area contributed by atoms with Gasteiger partial charge in [0.1, 0.15) is 5.76 Å². The minimum absolute atomic E-state index is 0.0170. The first kappa shape index (κ1) is 14.4. The molecule has 1 aliphatic rings. The highest BCUT2D eigenvalue weighted by atomic mass is 16.5. The van der Waals surface area contributed by atoms with Crippen LogP contribution in [0.5, 0.6) is 0 Å². The van der Waals surface area contributed by atoms with E-state index in [1.165, 1.54) is 0 Å². The Morgan fingerprint density at radius 1 is 1.40 bits per heavy atom. The first-order valence-corrected chi connectivity index (χ1v) is 6.68. The fourth-order valence-corrected chi connectivity index (χ4v) is 2.31. The molecule has 0 spiro atoms. The molecule has 7 heteroatoms. The van der Waals surface area contributed by atoms with Gasteiger partial charge in [-0.05, 0) is 19.8 Å². The van der Waals surface area contributed by atoms with Gasteiger partial charge in [0.15, 0.2) is 5.82 Å². The molecule has 20 heavy (non-hydrogen) atoms. The molecule has 0 saturated carbocycles. The largest absolute Gasteiger partial charge is 0.360 e. The van der Waals surface area contributed by atoms with E-state index < -0.39 is 0 Å². The number of nitrogens with zero attached hydrogens (tertiary/aromatic N) is 3. The average Bonchev–Trinajstić information content (AvgIpc) is 2.83. The molecule has 1 saturated heterocycles. The molecule has 1 aliphatic heterocycles. The number of hydrogen-bond donors (Lipinski definition) is 1. The average molecular weight is 280 g/mol. The Labute approximate surface area is 117 Å². The predicted molar refractivity (Wildman–Crippen MR) is 73.2 cm³/mol. The Bertz CT molecular complexity index is 490. The summed E-state index contributed by atoms with van der Waals surface area (Å²) in [5.41, 5.74) is 0. The first-order valence-electron chi connectivity index (χ1n) is 6.68. The quantitative estimate of drug-likeness (QED) is 0.886. The zero-order valence-electron chi connectivity index (χ0n) is 12.0. The maximum Gasteiger partial charge on any atom is 0.323 e. The minimum Gasteiger partial charge on any atom is -0.360 e. The Kier molecular flexibility index (Phi) is 4.26. The van der Waals surface area contributed by atoms with Crippen LogP contribution in [-0.4, -0.2) is 54.1 Å². The van der Waals surface area contributed by atoms with Crippen molar-refractivity contribution in [2.75, 3.05) is 32.5 Å². The topological polar surface area (TPSA) is 78.7 Å². The zero-order valence-corrected chi connectivity index (χ0v) is 12.0. The summed E-state index contributed by atoms with van der Waals surface area (Å²) >= 11 is 0. The summed E-state index contributed by atoms with van der Waals surface area (Å²) in [5, 5.41) is 6.41. The maximum absolute atomic E-state index is 12.0. The Morgan fingerprint density at radius 2 is 2.05 bits per heavy atom. The van der Waals surface area contributed by atoms with Crippen molar-refractivity contribution in [2.45, 2.75) is 19.8 Å². The summed E-state index contributed by atoms with van der Waals surface area (Å²) in [6.45, 7) is 2.92. The lowest BCUT2D eigenvalue weighted by Crippen LogP contribution is -2.44. The summed E-state index contributed by atoms with van der Waals surface area (Å²) in [6, 6.07) is 1.47. The monoisotopic (exact) mass is 280 g/mol. The first-order chi connectivity index (χ1) is 9.47. The number of urea groups is 1. The summed E-state index contributed by atoms with van der Waals surface area (Å²) < 4.78 is 4.89. The van der Waals surface area contributed by atoms with Crippen molar-refractivity contribution >= 4 is 17.8 Å². The molecular weight excluding hydrogens is 260 g/mol. The molecule has 0 aromatic carbocycles. The predicted octanol–water partition coefficient (Wildman–Crippen LogP) is 1.32. The van der Waals surface area contributed by atoms with Crippen LogP contribution in [0, 0.1) is 12.8 Å². The summed E-state index contributed by atoms with van der Waals surface area (Å²) in [6.07, 6.45) is 1.39. The normalized spacial score (nSPS) is 16.1. The third-order valence-corrected chi connectivity index (χ3v) is 3.44. The lowest BCUT2D eigenvalue weighted by atomic mass is 9.96. The third-order valence-electron chi connectivity index (χ3n) is 3.44. The molecule has 1 aromatic heterocycles. The van der Waals surface area contributed by atoms with Crippen LogP contribution in [-0.2, 0) is 4.79 Å². The van der Waals surface area contributed by atoms with Crippen molar-refractivity contribution in [1.82, 2.24) is 15.0 Å². The second-order valence-electron chi connectivity index (χ2n) is 5.25. The van der Waals surface area contributed by atoms with Gasteiger partial charge in [-0.1, -0.05) is 5.16 Å². The van der Waals surface area contributed by atoms with Crippen LogP contribution in [0.3, 0.4) is 0 Å². The lowest BCUT2D eigenvalue weighted by Gasteiger charge is -2.32. The zero-order chi connectivity index (χ0) is 14.7. The fraction of sp³-hybridized carbons (Fsp3) is 0.615. The van der Waals surface area contributed by atoms with Gasteiger partial charge >= 0.3 is 6.03 Å². The minimum atomic E-state index is -0.200. The number of piperidine rings is 1. The molecule has 1 N–H and O–H groups in total. The lowest BCUT2D eigenvalue weighted by molar-refractivity contribution is -0.134. The molecule has 0 unspecified atom stereocenters. The second-order valence-corrected chi connectivity index (χ2v) is 5.25. The summed E-state index contributed by atoms with van der Waals surface area (Å²) in [4.78, 5) is 27.2. The highest BCUT2D eigenvalue weighted by Crippen LogP contribution is 2.19. The van der Waals surface area contributed by atoms with Crippen LogP contribution >= 0.6 is 0 Å². The number of carbonyl (C=O) groups is 2. The van der Waals surface area contributed by atoms with Gasteiger partial charge in [-0.3, -0.25) is 10.1 Å². The highest BCUT2D eigenvalue weighted by molar-refractivity contribution is 5.88. The number of hydrogen-bond acceptors (Lipinski definition) is 4. The molecule has 0 atom stereocenters. The number of amides is 3. The SMILES string of the molecule is Cc1cc(NC(=O)N2CCC(C(=O)N(C)C)CC2)no1. The smallest absolute Gasteiger partial charge is 0.323 e. The Balaban J connectivity index is 1.84. The van der Waals surface area contributed by atoms with Crippen LogP contribution in [0.4, 0.5) is 10.6 Å². The van der Waals surface area contributed by atoms with Crippen molar-refractivity contribution in [2.24, 2.45) is 5.92 Å². The molecule has 0 radical (unpaired) electrons. The molecule has 7 nitrogen and oxygen atoms in total. The van der Waals surface area contributed by atoms with E-state index in [2.05, 4.69) is 10.5 Å². The van der Waals surface area contributed by atoms with Crippen LogP contribution in [0.1, 0.15) is 18.6 Å². The molecule has 110 valence electrons. The summed E-state index contributed by atoms with van der Waals surface area (Å²) in [5.74, 6) is 1.22. The number of rotatable bonds is 2. The molecule has 0 bridgehead atoms. The van der Waals surface area contributed by atoms with Crippen LogP contribution in [0.25, 0.3) is 0 Å². The van der Waals surface area contributed by atoms with Gasteiger partial charge in [-0.15, -0.1) is 0 Å². The van der Waals surface area contributed by atoms with E-state index in [9.17, 15) is 9.59 Å². The Hall–Kier alpha value is -2.05. The van der Waals surface area contributed by atoms with Gasteiger partial charge in [0, 0.05) is 39.2 Å². The van der Waals surface area contributed by atoms with E-state index in [1.54, 1.807) is 36.9 Å². The molecule has 1 aromatic rings. The molecule has 1 fully saturated rings. The van der Waals surface area contributed by atoms with E-state index in [0.717, 1.165) is 0 Å². The molecule has 2 rings (SSSR count). The molecule has 0 aliphatic carbocycles. The Morgan fingerprint density at radius 3 is 2.55 bits per heavy atom. The van der Waals surface area contributed by atoms with Gasteiger partial charge in [0.2, 0.25) is 5.91 Å². The maximum atomic E-state index is 12.0. The van der Waals surface area contributed by atoms with Gasteiger partial charge in [-0.2, -0.15) is 0 Å². The number of aryl methyl sites for hydroxylation is 1. The number of likely N-dealkylation sites (tertiary alicyclic amines) is 1. The number of anilines is 1. The van der Waals surface area contributed by atoms with E-state index >= 15 is 0 Å². The van der Waals surface area contributed by atoms with Gasteiger partial charge in [-0.25, -0.2) is 4.79 Å². The van der Waals surface area contributed by atoms with Gasteiger partial charge in [0.25, 0.3) is 0 Å². The van der Waals surface area contributed by atoms with Crippen LogP contribution in [0.15, 0.2) is 10.6 Å². The molecule has 2 heterocycles. The van der Waals surface area contributed by atoms with Gasteiger partial charge in [0.05, 0.1) is 0 Å².